The largest absolute Gasteiger partial charge is 0.347 e. The Bertz CT molecular complexity index is 1150. The van der Waals surface area contributed by atoms with Crippen LogP contribution in [-0.2, 0) is 21.5 Å². The lowest BCUT2D eigenvalue weighted by molar-refractivity contribution is -0.135. The molecule has 6 bridgehead atoms. The van der Waals surface area contributed by atoms with Crippen LogP contribution in [0.2, 0.25) is 0 Å². The van der Waals surface area contributed by atoms with Gasteiger partial charge in [0.2, 0.25) is 11.8 Å². The molecule has 36 heavy (non-hydrogen) atoms. The summed E-state index contributed by atoms with van der Waals surface area (Å²) in [6.45, 7) is 2.83. The van der Waals surface area contributed by atoms with Gasteiger partial charge in [-0.2, -0.15) is 0 Å². The van der Waals surface area contributed by atoms with Crippen LogP contribution in [0.15, 0.2) is 60.7 Å². The fourth-order valence-electron chi connectivity index (χ4n) is 9.21. The van der Waals surface area contributed by atoms with Crippen molar-refractivity contribution in [2.75, 3.05) is 19.6 Å². The minimum atomic E-state index is 0.0785. The van der Waals surface area contributed by atoms with Gasteiger partial charge in [-0.3, -0.25) is 14.5 Å². The van der Waals surface area contributed by atoms with E-state index in [9.17, 15) is 9.59 Å². The summed E-state index contributed by atoms with van der Waals surface area (Å²) in [5.41, 5.74) is 3.21. The van der Waals surface area contributed by atoms with Gasteiger partial charge >= 0.3 is 0 Å². The number of hydrogen-bond donors (Lipinski definition) is 1. The predicted octanol–water partition coefficient (Wildman–Crippen LogP) is 4.13. The molecule has 8 rings (SSSR count). The average Bonchev–Trinajstić information content (AvgIpc) is 3.59. The number of amides is 2. The molecule has 1 N–H and O–H groups in total. The smallest absolute Gasteiger partial charge is 0.242 e. The molecule has 6 fully saturated rings. The topological polar surface area (TPSA) is 52.7 Å². The van der Waals surface area contributed by atoms with Gasteiger partial charge in [0.1, 0.15) is 0 Å². The van der Waals surface area contributed by atoms with Crippen LogP contribution in [0.1, 0.15) is 56.1 Å². The first-order chi connectivity index (χ1) is 17.5. The molecule has 4 saturated carbocycles. The summed E-state index contributed by atoms with van der Waals surface area (Å²) in [6.07, 6.45) is 7.79. The quantitative estimate of drug-likeness (QED) is 0.645. The molecule has 2 saturated heterocycles. The SMILES string of the molecule is O=C(CC12CC3CC1CC(c1ccccc1)(C3)C2)NCC(=O)N1CC2CC1CN2Cc1ccccc1. The van der Waals surface area contributed by atoms with E-state index < -0.39 is 0 Å². The zero-order valence-electron chi connectivity index (χ0n) is 21.1. The number of piperazine rings is 1. The van der Waals surface area contributed by atoms with Crippen molar-refractivity contribution >= 4 is 11.8 Å². The molecule has 2 amide bonds. The van der Waals surface area contributed by atoms with E-state index in [1.807, 2.05) is 4.90 Å². The molecule has 5 heteroatoms. The number of benzene rings is 2. The van der Waals surface area contributed by atoms with Crippen LogP contribution in [0.4, 0.5) is 0 Å². The molecule has 188 valence electrons. The number of hydrogen-bond acceptors (Lipinski definition) is 3. The normalized spacial score (nSPS) is 36.1. The Morgan fingerprint density at radius 1 is 0.889 bits per heavy atom. The second-order valence-corrected chi connectivity index (χ2v) is 12.6. The van der Waals surface area contributed by atoms with Crippen molar-refractivity contribution in [3.05, 3.63) is 71.8 Å². The summed E-state index contributed by atoms with van der Waals surface area (Å²) >= 11 is 0. The molecule has 2 aromatic rings. The van der Waals surface area contributed by atoms with Gasteiger partial charge in [-0.1, -0.05) is 60.7 Å². The predicted molar refractivity (Wildman–Crippen MR) is 139 cm³/mol. The van der Waals surface area contributed by atoms with E-state index in [0.29, 0.717) is 18.4 Å². The maximum Gasteiger partial charge on any atom is 0.242 e. The van der Waals surface area contributed by atoms with E-state index in [1.165, 1.54) is 36.8 Å². The summed E-state index contributed by atoms with van der Waals surface area (Å²) in [5.74, 6) is 1.58. The molecule has 6 atom stereocenters. The van der Waals surface area contributed by atoms with Crippen molar-refractivity contribution in [1.29, 1.82) is 0 Å². The highest BCUT2D eigenvalue weighted by molar-refractivity contribution is 5.85. The Morgan fingerprint density at radius 3 is 2.42 bits per heavy atom. The number of carbonyl (C=O) groups excluding carboxylic acids is 2. The Labute approximate surface area is 214 Å². The van der Waals surface area contributed by atoms with Crippen LogP contribution in [-0.4, -0.2) is 53.3 Å². The molecule has 2 aliphatic heterocycles. The van der Waals surface area contributed by atoms with Crippen molar-refractivity contribution in [3.63, 3.8) is 0 Å². The second kappa shape index (κ2) is 8.44. The van der Waals surface area contributed by atoms with Gasteiger partial charge in [0.05, 0.1) is 6.54 Å². The number of nitrogens with one attached hydrogen (secondary N) is 1. The van der Waals surface area contributed by atoms with Crippen molar-refractivity contribution in [1.82, 2.24) is 15.1 Å². The zero-order valence-corrected chi connectivity index (χ0v) is 21.1. The highest BCUT2D eigenvalue weighted by atomic mass is 16.2. The molecule has 0 aromatic heterocycles. The van der Waals surface area contributed by atoms with Crippen LogP contribution in [0.25, 0.3) is 0 Å². The first-order valence-corrected chi connectivity index (χ1v) is 13.9. The summed E-state index contributed by atoms with van der Waals surface area (Å²) in [7, 11) is 0. The summed E-state index contributed by atoms with van der Waals surface area (Å²) < 4.78 is 0. The number of likely N-dealkylation sites (tertiary alicyclic amines) is 2. The molecule has 2 aromatic carbocycles. The third-order valence-electron chi connectivity index (χ3n) is 10.4. The minimum absolute atomic E-state index is 0.0785. The van der Waals surface area contributed by atoms with E-state index in [2.05, 4.69) is 70.9 Å². The van der Waals surface area contributed by atoms with Crippen LogP contribution in [0.5, 0.6) is 0 Å². The van der Waals surface area contributed by atoms with Crippen molar-refractivity contribution in [2.24, 2.45) is 17.3 Å². The molecule has 5 nitrogen and oxygen atoms in total. The fourth-order valence-corrected chi connectivity index (χ4v) is 9.21. The Hall–Kier alpha value is -2.66. The fraction of sp³-hybridized carbons (Fsp3) is 0.548. The standard InChI is InChI=1S/C31H37N3O2/c35-28(16-31-14-23-11-25(31)15-30(13-23,21-31)24-9-5-2-6-10-24)32-17-29(36)34-20-26-12-27(34)19-33(26)18-22-7-3-1-4-8-22/h1-10,23,25-27H,11-21H2,(H,32,35). The number of nitrogens with zero attached hydrogens (tertiary/aromatic N) is 2. The molecular weight excluding hydrogens is 446 g/mol. The van der Waals surface area contributed by atoms with Crippen LogP contribution in [0.3, 0.4) is 0 Å². The average molecular weight is 484 g/mol. The van der Waals surface area contributed by atoms with Crippen LogP contribution in [0, 0.1) is 17.3 Å². The van der Waals surface area contributed by atoms with Gasteiger partial charge in [-0.25, -0.2) is 0 Å². The first kappa shape index (κ1) is 22.5. The highest BCUT2D eigenvalue weighted by Gasteiger charge is 2.64. The van der Waals surface area contributed by atoms with Gasteiger partial charge in [-0.05, 0) is 72.3 Å². The molecule has 4 aliphatic carbocycles. The number of fused-ring (bicyclic) bond motifs is 2. The molecule has 6 unspecified atom stereocenters. The van der Waals surface area contributed by atoms with Crippen LogP contribution >= 0.6 is 0 Å². The van der Waals surface area contributed by atoms with Crippen molar-refractivity contribution in [2.45, 2.75) is 69.0 Å². The highest BCUT2D eigenvalue weighted by Crippen LogP contribution is 2.71. The van der Waals surface area contributed by atoms with Gasteiger partial charge in [-0.15, -0.1) is 0 Å². The molecule has 0 radical (unpaired) electrons. The van der Waals surface area contributed by atoms with Gasteiger partial charge in [0.15, 0.2) is 0 Å². The van der Waals surface area contributed by atoms with Crippen LogP contribution < -0.4 is 5.32 Å². The minimum Gasteiger partial charge on any atom is -0.347 e. The lowest BCUT2D eigenvalue weighted by atomic mass is 9.63. The first-order valence-electron chi connectivity index (χ1n) is 13.9. The Morgan fingerprint density at radius 2 is 1.67 bits per heavy atom. The molecule has 2 heterocycles. The van der Waals surface area contributed by atoms with E-state index in [4.69, 9.17) is 0 Å². The number of rotatable bonds is 7. The van der Waals surface area contributed by atoms with Gasteiger partial charge in [0, 0.05) is 38.1 Å². The lowest BCUT2D eigenvalue weighted by Gasteiger charge is -2.41. The van der Waals surface area contributed by atoms with Gasteiger partial charge in [0.25, 0.3) is 0 Å². The number of carbonyl (C=O) groups is 2. The van der Waals surface area contributed by atoms with Crippen molar-refractivity contribution < 1.29 is 9.59 Å². The maximum atomic E-state index is 13.1. The van der Waals surface area contributed by atoms with E-state index >= 15 is 0 Å². The summed E-state index contributed by atoms with van der Waals surface area (Å²) in [4.78, 5) is 30.7. The summed E-state index contributed by atoms with van der Waals surface area (Å²) in [5, 5.41) is 3.04. The molecule has 0 spiro atoms. The molecular formula is C31H37N3O2. The molecule has 6 aliphatic rings. The van der Waals surface area contributed by atoms with Gasteiger partial charge < -0.3 is 10.2 Å². The Balaban J connectivity index is 0.936. The zero-order chi connectivity index (χ0) is 24.3. The Kier molecular flexibility index (Phi) is 5.28. The van der Waals surface area contributed by atoms with E-state index in [0.717, 1.165) is 38.4 Å². The third-order valence-corrected chi connectivity index (χ3v) is 10.4. The maximum absolute atomic E-state index is 13.1. The van der Waals surface area contributed by atoms with Crippen molar-refractivity contribution in [3.8, 4) is 0 Å². The monoisotopic (exact) mass is 483 g/mol. The van der Waals surface area contributed by atoms with E-state index in [-0.39, 0.29) is 35.2 Å². The second-order valence-electron chi connectivity index (χ2n) is 12.6. The third kappa shape index (κ3) is 3.70. The summed E-state index contributed by atoms with van der Waals surface area (Å²) in [6, 6.07) is 22.3. The lowest BCUT2D eigenvalue weighted by Crippen LogP contribution is -2.51. The van der Waals surface area contributed by atoms with E-state index in [1.54, 1.807) is 0 Å².